The van der Waals surface area contributed by atoms with Crippen molar-refractivity contribution < 1.29 is 36.4 Å². The Morgan fingerprint density at radius 3 is 2.17 bits per heavy atom. The Kier molecular flexibility index (Phi) is 7.06. The summed E-state index contributed by atoms with van der Waals surface area (Å²) in [5, 5.41) is 9.47. The summed E-state index contributed by atoms with van der Waals surface area (Å²) in [5.74, 6) is -0.830. The molecule has 0 bridgehead atoms. The van der Waals surface area contributed by atoms with E-state index >= 15 is 0 Å². The number of halogens is 3. The van der Waals surface area contributed by atoms with Crippen LogP contribution >= 0.6 is 0 Å². The first-order valence-electron chi connectivity index (χ1n) is 15.3. The molecule has 0 aliphatic heterocycles. The van der Waals surface area contributed by atoms with Gasteiger partial charge in [-0.3, -0.25) is 14.8 Å². The number of carbonyl (C=O) groups excluding carboxylic acids is 2. The van der Waals surface area contributed by atoms with Crippen LogP contribution in [0.1, 0.15) is 106 Å². The first kappa shape index (κ1) is 31.9. The zero-order valence-corrected chi connectivity index (χ0v) is 26.7. The van der Waals surface area contributed by atoms with E-state index in [-0.39, 0.29) is 40.8 Å². The van der Waals surface area contributed by atoms with Gasteiger partial charge in [0.05, 0.1) is 0 Å². The number of allylic oxidation sites excluding steroid dienone is 2. The highest BCUT2D eigenvalue weighted by molar-refractivity contribution is 7.90. The molecule has 0 spiro atoms. The standard InChI is InChI=1S/C31H47F3N2O5S/c1-25(2)21-8-11-30(7)23(28(21,5)10-9-22(25)36-42(40,41)31(32,33)34)20(37)16-18-19-17-27(4,24(38)35-39)13-12-26(19,3)14-15-29(18,30)6/h16,19,21-23,36,39H,8-15,17H2,1-7H3,(H,35,38). The lowest BCUT2D eigenvalue weighted by atomic mass is 9.33. The van der Waals surface area contributed by atoms with Gasteiger partial charge in [0.2, 0.25) is 5.91 Å². The molecule has 5 rings (SSSR count). The van der Waals surface area contributed by atoms with Crippen molar-refractivity contribution in [1.82, 2.24) is 10.2 Å². The van der Waals surface area contributed by atoms with E-state index in [4.69, 9.17) is 0 Å². The Hall–Kier alpha value is -1.46. The van der Waals surface area contributed by atoms with Crippen molar-refractivity contribution >= 4 is 21.7 Å². The van der Waals surface area contributed by atoms with Gasteiger partial charge in [-0.2, -0.15) is 13.2 Å². The molecule has 4 saturated carbocycles. The van der Waals surface area contributed by atoms with E-state index in [0.717, 1.165) is 24.8 Å². The predicted molar refractivity (Wildman–Crippen MR) is 151 cm³/mol. The molecule has 0 aromatic rings. The molecule has 0 aromatic carbocycles. The van der Waals surface area contributed by atoms with Crippen LogP contribution in [0.15, 0.2) is 11.6 Å². The van der Waals surface area contributed by atoms with E-state index in [1.54, 1.807) is 0 Å². The summed E-state index contributed by atoms with van der Waals surface area (Å²) in [4.78, 5) is 27.2. The summed E-state index contributed by atoms with van der Waals surface area (Å²) in [7, 11) is -5.50. The molecule has 0 heterocycles. The zero-order valence-electron chi connectivity index (χ0n) is 25.9. The summed E-state index contributed by atoms with van der Waals surface area (Å²) >= 11 is 0. The highest BCUT2D eigenvalue weighted by Gasteiger charge is 2.70. The van der Waals surface area contributed by atoms with Crippen LogP contribution < -0.4 is 10.2 Å². The topological polar surface area (TPSA) is 113 Å². The van der Waals surface area contributed by atoms with Crippen LogP contribution in [0.2, 0.25) is 0 Å². The van der Waals surface area contributed by atoms with Gasteiger partial charge in [-0.1, -0.05) is 54.0 Å². The van der Waals surface area contributed by atoms with E-state index in [1.165, 1.54) is 0 Å². The molecule has 0 aromatic heterocycles. The Labute approximate surface area is 247 Å². The van der Waals surface area contributed by atoms with E-state index < -0.39 is 49.1 Å². The summed E-state index contributed by atoms with van der Waals surface area (Å²) < 4.78 is 66.0. The Morgan fingerprint density at radius 2 is 1.57 bits per heavy atom. The maximum Gasteiger partial charge on any atom is 0.511 e. The maximum atomic E-state index is 14.4. The average Bonchev–Trinajstić information content (AvgIpc) is 2.86. The molecule has 5 aliphatic rings. The lowest BCUT2D eigenvalue weighted by molar-refractivity contribution is -0.188. The average molecular weight is 617 g/mol. The molecule has 11 heteroatoms. The third kappa shape index (κ3) is 4.14. The third-order valence-corrected chi connectivity index (χ3v) is 15.1. The van der Waals surface area contributed by atoms with Crippen LogP contribution in [0.5, 0.6) is 0 Å². The van der Waals surface area contributed by atoms with Crippen LogP contribution in [-0.2, 0) is 19.6 Å². The third-order valence-electron chi connectivity index (χ3n) is 13.9. The van der Waals surface area contributed by atoms with Crippen molar-refractivity contribution in [2.45, 2.75) is 118 Å². The fourth-order valence-corrected chi connectivity index (χ4v) is 11.9. The first-order chi connectivity index (χ1) is 19.0. The molecular formula is C31H47F3N2O5S. The molecule has 3 N–H and O–H groups in total. The van der Waals surface area contributed by atoms with Crippen LogP contribution in [0.4, 0.5) is 13.2 Å². The van der Waals surface area contributed by atoms with Crippen molar-refractivity contribution in [3.8, 4) is 0 Å². The summed E-state index contributed by atoms with van der Waals surface area (Å²) in [6.07, 6.45) is 7.84. The fraction of sp³-hybridized carbons (Fsp3) is 0.871. The van der Waals surface area contributed by atoms with E-state index in [0.29, 0.717) is 32.1 Å². The van der Waals surface area contributed by atoms with Crippen molar-refractivity contribution in [2.24, 2.45) is 50.2 Å². The molecule has 238 valence electrons. The second kappa shape index (κ2) is 9.28. The van der Waals surface area contributed by atoms with Crippen molar-refractivity contribution in [3.63, 3.8) is 0 Å². The molecule has 9 atom stereocenters. The number of hydrogen-bond acceptors (Lipinski definition) is 5. The van der Waals surface area contributed by atoms with Crippen molar-refractivity contribution in [3.05, 3.63) is 11.6 Å². The number of rotatable bonds is 3. The quantitative estimate of drug-likeness (QED) is 0.255. The highest BCUT2D eigenvalue weighted by atomic mass is 32.2. The number of fused-ring (bicyclic) bond motifs is 7. The minimum Gasteiger partial charge on any atom is -0.295 e. The number of amides is 1. The maximum absolute atomic E-state index is 14.4. The molecule has 42 heavy (non-hydrogen) atoms. The summed E-state index contributed by atoms with van der Waals surface area (Å²) in [6.45, 7) is 14.4. The Bertz CT molecular complexity index is 1330. The number of carbonyl (C=O) groups is 2. The van der Waals surface area contributed by atoms with Crippen molar-refractivity contribution in [1.29, 1.82) is 0 Å². The number of hydroxylamine groups is 1. The van der Waals surface area contributed by atoms with Crippen LogP contribution in [-0.4, -0.2) is 36.9 Å². The smallest absolute Gasteiger partial charge is 0.295 e. The van der Waals surface area contributed by atoms with Crippen LogP contribution in [0, 0.1) is 50.2 Å². The molecule has 0 radical (unpaired) electrons. The molecule has 0 saturated heterocycles. The number of hydrogen-bond donors (Lipinski definition) is 3. The van der Waals surface area contributed by atoms with E-state index in [9.17, 15) is 36.4 Å². The minimum absolute atomic E-state index is 0.0171. The second-order valence-electron chi connectivity index (χ2n) is 16.2. The zero-order chi connectivity index (χ0) is 31.5. The number of nitrogens with one attached hydrogen (secondary N) is 2. The molecule has 4 fully saturated rings. The largest absolute Gasteiger partial charge is 0.511 e. The predicted octanol–water partition coefficient (Wildman–Crippen LogP) is 6.28. The highest BCUT2D eigenvalue weighted by Crippen LogP contribution is 2.75. The monoisotopic (exact) mass is 616 g/mol. The lowest BCUT2D eigenvalue weighted by Gasteiger charge is -2.70. The lowest BCUT2D eigenvalue weighted by Crippen LogP contribution is -2.68. The molecule has 1 amide bonds. The van der Waals surface area contributed by atoms with Gasteiger partial charge in [-0.15, -0.1) is 0 Å². The van der Waals surface area contributed by atoms with E-state index in [2.05, 4.69) is 27.7 Å². The molecule has 5 aliphatic carbocycles. The number of sulfonamides is 1. The number of ketones is 1. The van der Waals surface area contributed by atoms with Gasteiger partial charge in [-0.05, 0) is 103 Å². The fourth-order valence-electron chi connectivity index (χ4n) is 11.0. The van der Waals surface area contributed by atoms with Crippen molar-refractivity contribution in [2.75, 3.05) is 0 Å². The molecule has 9 unspecified atom stereocenters. The molecule has 7 nitrogen and oxygen atoms in total. The summed E-state index contributed by atoms with van der Waals surface area (Å²) in [6, 6.07) is -0.889. The van der Waals surface area contributed by atoms with Gasteiger partial charge in [0.25, 0.3) is 0 Å². The summed E-state index contributed by atoms with van der Waals surface area (Å²) in [5.41, 5.74) is -5.22. The van der Waals surface area contributed by atoms with Crippen LogP contribution in [0.3, 0.4) is 0 Å². The second-order valence-corrected chi connectivity index (χ2v) is 17.9. The SMILES string of the molecule is CC1(C(=O)NO)CCC2(C)CCC3(C)C(=CC(=O)C4C5(C)CCC(NS(=O)(=O)C(F)(F)F)C(C)(C)C5CCC43C)C2C1. The number of alkyl halides is 3. The van der Waals surface area contributed by atoms with Gasteiger partial charge in [0.1, 0.15) is 0 Å². The first-order valence-corrected chi connectivity index (χ1v) is 16.8. The Balaban J connectivity index is 1.54. The minimum atomic E-state index is -5.50. The van der Waals surface area contributed by atoms with Crippen LogP contribution in [0.25, 0.3) is 0 Å². The Morgan fingerprint density at radius 1 is 0.952 bits per heavy atom. The van der Waals surface area contributed by atoms with Gasteiger partial charge >= 0.3 is 15.5 Å². The van der Waals surface area contributed by atoms with Gasteiger partial charge in [0.15, 0.2) is 5.78 Å². The molecular weight excluding hydrogens is 569 g/mol. The van der Waals surface area contributed by atoms with Gasteiger partial charge in [-0.25, -0.2) is 18.6 Å². The van der Waals surface area contributed by atoms with E-state index in [1.807, 2.05) is 37.0 Å². The van der Waals surface area contributed by atoms with Gasteiger partial charge in [0, 0.05) is 17.4 Å². The normalized spacial score (nSPS) is 46.8. The van der Waals surface area contributed by atoms with Gasteiger partial charge < -0.3 is 0 Å².